The van der Waals surface area contributed by atoms with Gasteiger partial charge in [0.25, 0.3) is 0 Å². The van der Waals surface area contributed by atoms with Gasteiger partial charge in [0.15, 0.2) is 0 Å². The van der Waals surface area contributed by atoms with E-state index in [-0.39, 0.29) is 0 Å². The number of hydrogen-bond acceptors (Lipinski definition) is 2. The molecule has 0 spiro atoms. The second-order valence-electron chi connectivity index (χ2n) is 5.93. The first-order chi connectivity index (χ1) is 9.12. The second-order valence-corrected chi connectivity index (χ2v) is 9.30. The maximum Gasteiger partial charge on any atom is 0.331 e. The Kier molecular flexibility index (Phi) is 13.2. The van der Waals surface area contributed by atoms with Crippen molar-refractivity contribution in [3.05, 3.63) is 0 Å². The second kappa shape index (κ2) is 13.1. The summed E-state index contributed by atoms with van der Waals surface area (Å²) in [6.45, 7) is 10.6. The normalized spacial score (nSPS) is 12.0. The number of hydrogen-bond donors (Lipinski definition) is 0. The molecule has 0 aromatic carbocycles. The highest BCUT2D eigenvalue weighted by atomic mass is 28.4. The highest BCUT2D eigenvalue weighted by molar-refractivity contribution is 6.64. The molecular formula is C16H36O2Si. The third kappa shape index (κ3) is 14.4. The van der Waals surface area contributed by atoms with Gasteiger partial charge >= 0.3 is 8.56 Å². The summed E-state index contributed by atoms with van der Waals surface area (Å²) < 4.78 is 11.9. The molecule has 2 nitrogen and oxygen atoms in total. The molecule has 0 bridgehead atoms. The van der Waals surface area contributed by atoms with E-state index in [1.54, 1.807) is 0 Å². The summed E-state index contributed by atoms with van der Waals surface area (Å²) in [6, 6.07) is 0. The van der Waals surface area contributed by atoms with Gasteiger partial charge in [-0.1, -0.05) is 65.2 Å². The van der Waals surface area contributed by atoms with Crippen LogP contribution in [-0.2, 0) is 8.85 Å². The fraction of sp³-hybridized carbons (Fsp3) is 1.00. The van der Waals surface area contributed by atoms with Crippen molar-refractivity contribution in [2.24, 2.45) is 0 Å². The van der Waals surface area contributed by atoms with Crippen LogP contribution in [0.2, 0.25) is 13.1 Å². The van der Waals surface area contributed by atoms with Gasteiger partial charge in [-0.3, -0.25) is 0 Å². The van der Waals surface area contributed by atoms with Crippen LogP contribution in [0.15, 0.2) is 0 Å². The van der Waals surface area contributed by atoms with Crippen LogP contribution in [0, 0.1) is 0 Å². The van der Waals surface area contributed by atoms with E-state index in [1.165, 1.54) is 64.2 Å². The van der Waals surface area contributed by atoms with Crippen LogP contribution in [0.5, 0.6) is 0 Å². The average molecular weight is 289 g/mol. The maximum atomic E-state index is 5.96. The van der Waals surface area contributed by atoms with Gasteiger partial charge in [-0.15, -0.1) is 0 Å². The fourth-order valence-electron chi connectivity index (χ4n) is 2.09. The molecule has 116 valence electrons. The van der Waals surface area contributed by atoms with Crippen molar-refractivity contribution >= 4 is 8.56 Å². The van der Waals surface area contributed by atoms with Crippen LogP contribution in [0.3, 0.4) is 0 Å². The molecule has 0 aliphatic rings. The highest BCUT2D eigenvalue weighted by Gasteiger charge is 2.23. The molecule has 0 amide bonds. The van der Waals surface area contributed by atoms with Crippen molar-refractivity contribution in [2.75, 3.05) is 13.2 Å². The van der Waals surface area contributed by atoms with Crippen molar-refractivity contribution in [3.8, 4) is 0 Å². The summed E-state index contributed by atoms with van der Waals surface area (Å²) in [4.78, 5) is 0. The molecular weight excluding hydrogens is 252 g/mol. The molecule has 0 aliphatic heterocycles. The minimum atomic E-state index is -1.84. The van der Waals surface area contributed by atoms with Gasteiger partial charge in [-0.05, 0) is 25.9 Å². The Morgan fingerprint density at radius 3 is 1.42 bits per heavy atom. The minimum Gasteiger partial charge on any atom is -0.395 e. The Morgan fingerprint density at radius 1 is 0.579 bits per heavy atom. The lowest BCUT2D eigenvalue weighted by atomic mass is 10.1. The zero-order valence-corrected chi connectivity index (χ0v) is 14.8. The molecule has 0 N–H and O–H groups in total. The lowest BCUT2D eigenvalue weighted by Crippen LogP contribution is -2.35. The van der Waals surface area contributed by atoms with E-state index in [0.717, 1.165) is 13.2 Å². The molecule has 0 radical (unpaired) electrons. The van der Waals surface area contributed by atoms with Crippen LogP contribution in [-0.4, -0.2) is 21.8 Å². The molecule has 0 saturated carbocycles. The van der Waals surface area contributed by atoms with E-state index >= 15 is 0 Å². The first kappa shape index (κ1) is 19.1. The molecule has 3 heteroatoms. The van der Waals surface area contributed by atoms with Crippen molar-refractivity contribution < 1.29 is 8.85 Å². The molecule has 19 heavy (non-hydrogen) atoms. The first-order valence-electron chi connectivity index (χ1n) is 8.40. The summed E-state index contributed by atoms with van der Waals surface area (Å²) in [7, 11) is -1.84. The zero-order valence-electron chi connectivity index (χ0n) is 13.8. The van der Waals surface area contributed by atoms with Crippen molar-refractivity contribution in [2.45, 2.75) is 91.1 Å². The van der Waals surface area contributed by atoms with E-state index < -0.39 is 8.56 Å². The Bertz CT molecular complexity index is 184. The largest absolute Gasteiger partial charge is 0.395 e. The minimum absolute atomic E-state index is 0.885. The molecule has 0 rings (SSSR count). The molecule has 0 aromatic heterocycles. The summed E-state index contributed by atoms with van der Waals surface area (Å²) in [5, 5.41) is 0. The molecule has 0 aliphatic carbocycles. The fourth-order valence-corrected chi connectivity index (χ4v) is 3.44. The highest BCUT2D eigenvalue weighted by Crippen LogP contribution is 2.11. The molecule has 0 heterocycles. The van der Waals surface area contributed by atoms with Crippen molar-refractivity contribution in [3.63, 3.8) is 0 Å². The molecule has 0 saturated heterocycles. The monoisotopic (exact) mass is 288 g/mol. The summed E-state index contributed by atoms with van der Waals surface area (Å²) in [6.07, 6.45) is 13.0. The van der Waals surface area contributed by atoms with E-state index in [9.17, 15) is 0 Å². The Morgan fingerprint density at radius 2 is 0.947 bits per heavy atom. The van der Waals surface area contributed by atoms with Crippen LogP contribution >= 0.6 is 0 Å². The lowest BCUT2D eigenvalue weighted by Gasteiger charge is -2.22. The predicted octanol–water partition coefficient (Wildman–Crippen LogP) is 5.66. The third-order valence-electron chi connectivity index (χ3n) is 3.40. The van der Waals surface area contributed by atoms with Crippen molar-refractivity contribution in [1.29, 1.82) is 0 Å². The number of rotatable bonds is 14. The van der Waals surface area contributed by atoms with E-state index in [0.29, 0.717) is 0 Å². The molecule has 0 atom stereocenters. The van der Waals surface area contributed by atoms with E-state index in [1.807, 2.05) is 0 Å². The summed E-state index contributed by atoms with van der Waals surface area (Å²) in [5.41, 5.74) is 0. The van der Waals surface area contributed by atoms with E-state index in [2.05, 4.69) is 26.9 Å². The van der Waals surface area contributed by atoms with Gasteiger partial charge in [-0.25, -0.2) is 0 Å². The molecule has 0 aromatic rings. The quantitative estimate of drug-likeness (QED) is 0.303. The first-order valence-corrected chi connectivity index (χ1v) is 11.2. The van der Waals surface area contributed by atoms with Gasteiger partial charge in [0.1, 0.15) is 0 Å². The van der Waals surface area contributed by atoms with E-state index in [4.69, 9.17) is 8.85 Å². The SMILES string of the molecule is CCCCCCCCO[Si](C)(C)OCCCCCC. The molecule has 0 fully saturated rings. The average Bonchev–Trinajstić information content (AvgIpc) is 2.37. The molecule has 0 unspecified atom stereocenters. The van der Waals surface area contributed by atoms with Crippen LogP contribution in [0.1, 0.15) is 78.1 Å². The lowest BCUT2D eigenvalue weighted by molar-refractivity contribution is 0.173. The van der Waals surface area contributed by atoms with Crippen LogP contribution in [0.25, 0.3) is 0 Å². The summed E-state index contributed by atoms with van der Waals surface area (Å²) in [5.74, 6) is 0. The Labute approximate surface area is 122 Å². The van der Waals surface area contributed by atoms with Crippen LogP contribution < -0.4 is 0 Å². The van der Waals surface area contributed by atoms with Crippen molar-refractivity contribution in [1.82, 2.24) is 0 Å². The van der Waals surface area contributed by atoms with Gasteiger partial charge in [0.05, 0.1) is 0 Å². The smallest absolute Gasteiger partial charge is 0.331 e. The zero-order chi connectivity index (χ0) is 14.4. The maximum absolute atomic E-state index is 5.96. The topological polar surface area (TPSA) is 18.5 Å². The number of unbranched alkanes of at least 4 members (excludes halogenated alkanes) is 8. The predicted molar refractivity (Wildman–Crippen MR) is 86.9 cm³/mol. The third-order valence-corrected chi connectivity index (χ3v) is 5.19. The standard InChI is InChI=1S/C16H36O2Si/c1-5-7-9-11-12-14-16-18-19(3,4)17-15-13-10-8-6-2/h5-16H2,1-4H3. The Hall–Kier alpha value is 0.137. The van der Waals surface area contributed by atoms with Gasteiger partial charge in [0, 0.05) is 13.2 Å². The van der Waals surface area contributed by atoms with Gasteiger partial charge < -0.3 is 8.85 Å². The van der Waals surface area contributed by atoms with Gasteiger partial charge in [0.2, 0.25) is 0 Å². The van der Waals surface area contributed by atoms with Gasteiger partial charge in [-0.2, -0.15) is 0 Å². The Balaban J connectivity index is 3.35. The van der Waals surface area contributed by atoms with Crippen LogP contribution in [0.4, 0.5) is 0 Å². The summed E-state index contributed by atoms with van der Waals surface area (Å²) >= 11 is 0.